The Morgan fingerprint density at radius 1 is 1.06 bits per heavy atom. The minimum Gasteiger partial charge on any atom is -0.493 e. The lowest BCUT2D eigenvalue weighted by Crippen LogP contribution is -2.48. The molecule has 2 aromatic rings. The summed E-state index contributed by atoms with van der Waals surface area (Å²) in [5.74, 6) is 1.01. The van der Waals surface area contributed by atoms with Crippen LogP contribution in [0, 0.1) is 5.92 Å². The molecule has 182 valence electrons. The van der Waals surface area contributed by atoms with E-state index in [1.165, 1.54) is 0 Å². The Balaban J connectivity index is 1.49. The Bertz CT molecular complexity index is 986. The van der Waals surface area contributed by atoms with Gasteiger partial charge in [0.1, 0.15) is 5.75 Å². The number of piperazine rings is 1. The van der Waals surface area contributed by atoms with Crippen LogP contribution in [0.25, 0.3) is 0 Å². The molecule has 2 aromatic carbocycles. The van der Waals surface area contributed by atoms with Crippen molar-refractivity contribution in [3.8, 4) is 5.75 Å². The summed E-state index contributed by atoms with van der Waals surface area (Å²) >= 11 is 5.33. The molecule has 1 aliphatic heterocycles. The summed E-state index contributed by atoms with van der Waals surface area (Å²) in [7, 11) is 0. The topological polar surface area (TPSA) is 73.9 Å². The van der Waals surface area contributed by atoms with Crippen LogP contribution in [0.1, 0.15) is 44.0 Å². The van der Waals surface area contributed by atoms with Gasteiger partial charge in [0.05, 0.1) is 6.61 Å². The van der Waals surface area contributed by atoms with Gasteiger partial charge in [-0.1, -0.05) is 26.8 Å². The van der Waals surface area contributed by atoms with E-state index in [0.717, 1.165) is 44.0 Å². The monoisotopic (exact) mass is 482 g/mol. The molecule has 7 nitrogen and oxygen atoms in total. The first-order valence-electron chi connectivity index (χ1n) is 11.8. The normalized spacial score (nSPS) is 13.5. The largest absolute Gasteiger partial charge is 0.493 e. The first-order valence-corrected chi connectivity index (χ1v) is 12.2. The SMILES string of the molecule is CCCC(=O)N1CCN(c2ccc(NC(=S)NC(=O)c3cccc(OCC(C)C)c3)cc2)CC1. The standard InChI is InChI=1S/C26H34N4O3S/c1-4-6-24(31)30-15-13-29(14-16-30)22-11-9-21(10-12-22)27-26(34)28-25(32)20-7-5-8-23(17-20)33-18-19(2)3/h5,7-12,17,19H,4,6,13-16,18H2,1-3H3,(H2,27,28,32,34). The van der Waals surface area contributed by atoms with E-state index in [0.29, 0.717) is 30.3 Å². The van der Waals surface area contributed by atoms with Crippen LogP contribution in [0.5, 0.6) is 5.75 Å². The lowest BCUT2D eigenvalue weighted by Gasteiger charge is -2.36. The summed E-state index contributed by atoms with van der Waals surface area (Å²) in [4.78, 5) is 28.9. The second-order valence-corrected chi connectivity index (χ2v) is 9.21. The van der Waals surface area contributed by atoms with Crippen LogP contribution in [-0.4, -0.2) is 54.6 Å². The van der Waals surface area contributed by atoms with Crippen LogP contribution in [0.15, 0.2) is 48.5 Å². The molecule has 2 amide bonds. The second-order valence-electron chi connectivity index (χ2n) is 8.81. The molecule has 0 atom stereocenters. The number of nitrogens with one attached hydrogen (secondary N) is 2. The van der Waals surface area contributed by atoms with Crippen molar-refractivity contribution in [2.75, 3.05) is 43.0 Å². The van der Waals surface area contributed by atoms with Gasteiger partial charge < -0.3 is 19.9 Å². The maximum atomic E-state index is 12.6. The maximum absolute atomic E-state index is 12.6. The van der Waals surface area contributed by atoms with Gasteiger partial charge in [-0.05, 0) is 67.0 Å². The summed E-state index contributed by atoms with van der Waals surface area (Å²) in [5, 5.41) is 6.01. The molecule has 0 spiro atoms. The number of nitrogens with zero attached hydrogens (tertiary/aromatic N) is 2. The average Bonchev–Trinajstić information content (AvgIpc) is 2.83. The van der Waals surface area contributed by atoms with Crippen LogP contribution in [0.2, 0.25) is 0 Å². The van der Waals surface area contributed by atoms with Gasteiger partial charge in [-0.25, -0.2) is 0 Å². The Hall–Kier alpha value is -3.13. The zero-order valence-electron chi connectivity index (χ0n) is 20.2. The zero-order valence-corrected chi connectivity index (χ0v) is 21.0. The van der Waals surface area contributed by atoms with Crippen molar-refractivity contribution in [3.63, 3.8) is 0 Å². The first-order chi connectivity index (χ1) is 16.4. The van der Waals surface area contributed by atoms with Crippen molar-refractivity contribution in [1.82, 2.24) is 10.2 Å². The first kappa shape index (κ1) is 25.5. The lowest BCUT2D eigenvalue weighted by atomic mass is 10.2. The lowest BCUT2D eigenvalue weighted by molar-refractivity contribution is -0.131. The van der Waals surface area contributed by atoms with Crippen LogP contribution in [-0.2, 0) is 4.79 Å². The Labute approximate surface area is 207 Å². The fourth-order valence-electron chi connectivity index (χ4n) is 3.67. The second kappa shape index (κ2) is 12.4. The van der Waals surface area contributed by atoms with Gasteiger partial charge in [0.2, 0.25) is 5.91 Å². The number of ether oxygens (including phenoxy) is 1. The third-order valence-corrected chi connectivity index (χ3v) is 5.70. The molecule has 1 fully saturated rings. The Morgan fingerprint density at radius 3 is 2.41 bits per heavy atom. The number of thiocarbonyl (C=S) groups is 1. The van der Waals surface area contributed by atoms with E-state index in [2.05, 4.69) is 29.4 Å². The number of benzene rings is 2. The van der Waals surface area contributed by atoms with Crippen LogP contribution >= 0.6 is 12.2 Å². The van der Waals surface area contributed by atoms with Crippen molar-refractivity contribution in [3.05, 3.63) is 54.1 Å². The number of carbonyl (C=O) groups is 2. The Morgan fingerprint density at radius 2 is 1.76 bits per heavy atom. The molecule has 3 rings (SSSR count). The van der Waals surface area contributed by atoms with E-state index in [9.17, 15) is 9.59 Å². The van der Waals surface area contributed by atoms with Crippen LogP contribution in [0.4, 0.5) is 11.4 Å². The summed E-state index contributed by atoms with van der Waals surface area (Å²) in [6, 6.07) is 15.0. The molecule has 0 aromatic heterocycles. The highest BCUT2D eigenvalue weighted by Gasteiger charge is 2.20. The summed E-state index contributed by atoms with van der Waals surface area (Å²) in [6.07, 6.45) is 1.50. The number of amides is 2. The van der Waals surface area contributed by atoms with Gasteiger partial charge in [0, 0.05) is 49.5 Å². The van der Waals surface area contributed by atoms with E-state index in [1.54, 1.807) is 18.2 Å². The van der Waals surface area contributed by atoms with E-state index in [1.807, 2.05) is 42.2 Å². The Kier molecular flexibility index (Phi) is 9.27. The van der Waals surface area contributed by atoms with Crippen LogP contribution in [0.3, 0.4) is 0 Å². The van der Waals surface area contributed by atoms with Gasteiger partial charge in [0.15, 0.2) is 5.11 Å². The van der Waals surface area contributed by atoms with E-state index in [4.69, 9.17) is 17.0 Å². The van der Waals surface area contributed by atoms with Gasteiger partial charge in [0.25, 0.3) is 5.91 Å². The minimum atomic E-state index is -0.292. The van der Waals surface area contributed by atoms with Crippen LogP contribution < -0.4 is 20.3 Å². The summed E-state index contributed by atoms with van der Waals surface area (Å²) in [5.41, 5.74) is 2.37. The van der Waals surface area contributed by atoms with E-state index >= 15 is 0 Å². The fraction of sp³-hybridized carbons (Fsp3) is 0.423. The molecule has 8 heteroatoms. The average molecular weight is 483 g/mol. The molecule has 0 bridgehead atoms. The molecule has 1 heterocycles. The number of carbonyl (C=O) groups excluding carboxylic acids is 2. The van der Waals surface area contributed by atoms with Crippen molar-refractivity contribution < 1.29 is 14.3 Å². The predicted octanol–water partition coefficient (Wildman–Crippen LogP) is 4.30. The summed E-state index contributed by atoms with van der Waals surface area (Å²) in [6.45, 7) is 9.90. The van der Waals surface area contributed by atoms with Gasteiger partial charge in [-0.15, -0.1) is 0 Å². The van der Waals surface area contributed by atoms with E-state index < -0.39 is 0 Å². The number of hydrogen-bond donors (Lipinski definition) is 2. The molecule has 1 saturated heterocycles. The third kappa shape index (κ3) is 7.45. The predicted molar refractivity (Wildman–Crippen MR) is 141 cm³/mol. The quantitative estimate of drug-likeness (QED) is 0.547. The highest BCUT2D eigenvalue weighted by molar-refractivity contribution is 7.80. The van der Waals surface area contributed by atoms with Gasteiger partial charge in [-0.3, -0.25) is 14.9 Å². The van der Waals surface area contributed by atoms with Gasteiger partial charge in [-0.2, -0.15) is 0 Å². The molecular weight excluding hydrogens is 448 g/mol. The van der Waals surface area contributed by atoms with Crippen molar-refractivity contribution in [1.29, 1.82) is 0 Å². The molecule has 0 radical (unpaired) electrons. The molecule has 1 aliphatic rings. The molecule has 0 saturated carbocycles. The highest BCUT2D eigenvalue weighted by atomic mass is 32.1. The molecule has 2 N–H and O–H groups in total. The number of hydrogen-bond acceptors (Lipinski definition) is 5. The van der Waals surface area contributed by atoms with Crippen molar-refractivity contribution in [2.24, 2.45) is 5.92 Å². The highest BCUT2D eigenvalue weighted by Crippen LogP contribution is 2.20. The van der Waals surface area contributed by atoms with Crippen molar-refractivity contribution in [2.45, 2.75) is 33.6 Å². The minimum absolute atomic E-state index is 0.231. The zero-order chi connectivity index (χ0) is 24.5. The molecular formula is C26H34N4O3S. The summed E-state index contributed by atoms with van der Waals surface area (Å²) < 4.78 is 5.70. The smallest absolute Gasteiger partial charge is 0.257 e. The number of rotatable bonds is 8. The fourth-order valence-corrected chi connectivity index (χ4v) is 3.88. The molecule has 34 heavy (non-hydrogen) atoms. The number of anilines is 2. The third-order valence-electron chi connectivity index (χ3n) is 5.49. The van der Waals surface area contributed by atoms with Crippen molar-refractivity contribution >= 4 is 40.5 Å². The van der Waals surface area contributed by atoms with Gasteiger partial charge >= 0.3 is 0 Å². The van der Waals surface area contributed by atoms with E-state index in [-0.39, 0.29) is 16.9 Å². The molecule has 0 aliphatic carbocycles. The molecule has 0 unspecified atom stereocenters. The maximum Gasteiger partial charge on any atom is 0.257 e.